The van der Waals surface area contributed by atoms with Crippen molar-refractivity contribution in [2.45, 2.75) is 0 Å². The van der Waals surface area contributed by atoms with E-state index in [0.29, 0.717) is 0 Å². The first kappa shape index (κ1) is 31.6. The van der Waals surface area contributed by atoms with Crippen molar-refractivity contribution >= 4 is 49.6 Å². The van der Waals surface area contributed by atoms with E-state index in [4.69, 9.17) is 0 Å². The van der Waals surface area contributed by atoms with E-state index in [-0.39, 0.29) is 0 Å². The van der Waals surface area contributed by atoms with Gasteiger partial charge in [0, 0.05) is 38.8 Å². The maximum absolute atomic E-state index is 2.44. The molecule has 9 aromatic carbocycles. The lowest BCUT2D eigenvalue weighted by atomic mass is 9.94. The highest BCUT2D eigenvalue weighted by molar-refractivity contribution is 6.24. The monoisotopic (exact) mass is 688 g/mol. The van der Waals surface area contributed by atoms with E-state index in [9.17, 15) is 0 Å². The summed E-state index contributed by atoms with van der Waals surface area (Å²) < 4.78 is 2.44. The molecule has 0 unspecified atom stereocenters. The van der Waals surface area contributed by atoms with E-state index in [1.165, 1.54) is 66.0 Å². The Bertz CT molecular complexity index is 2910. The fourth-order valence-corrected chi connectivity index (χ4v) is 8.11. The van der Waals surface area contributed by atoms with Crippen LogP contribution in [-0.2, 0) is 0 Å². The fraction of sp³-hybridized carbons (Fsp3) is 0. The number of anilines is 3. The predicted molar refractivity (Wildman–Crippen MR) is 229 cm³/mol. The number of fused-ring (bicyclic) bond motifs is 5. The lowest BCUT2D eigenvalue weighted by Crippen LogP contribution is -2.11. The molecule has 0 aliphatic heterocycles. The van der Waals surface area contributed by atoms with E-state index in [1.807, 2.05) is 0 Å². The summed E-state index contributed by atoms with van der Waals surface area (Å²) in [6.45, 7) is 0. The van der Waals surface area contributed by atoms with Gasteiger partial charge in [-0.25, -0.2) is 0 Å². The zero-order valence-electron chi connectivity index (χ0n) is 29.7. The van der Waals surface area contributed by atoms with Crippen molar-refractivity contribution in [1.82, 2.24) is 4.57 Å². The van der Waals surface area contributed by atoms with E-state index >= 15 is 0 Å². The van der Waals surface area contributed by atoms with Crippen molar-refractivity contribution in [1.29, 1.82) is 0 Å². The van der Waals surface area contributed by atoms with Gasteiger partial charge in [-0.1, -0.05) is 164 Å². The molecule has 254 valence electrons. The number of para-hydroxylation sites is 3. The largest absolute Gasteiger partial charge is 0.310 e. The van der Waals surface area contributed by atoms with Crippen molar-refractivity contribution in [2.75, 3.05) is 4.90 Å². The van der Waals surface area contributed by atoms with Crippen molar-refractivity contribution in [3.63, 3.8) is 0 Å². The SMILES string of the molecule is c1ccc(-c2ccc(N(c3cccc(-c4cc5ccccc5c5c4c4ccccc4n5-c4ccccc4)c3)c3ccccc3-c3ccccc3)cc2)cc1. The molecule has 0 aliphatic carbocycles. The molecular formula is C52H36N2. The van der Waals surface area contributed by atoms with E-state index < -0.39 is 0 Å². The summed E-state index contributed by atoms with van der Waals surface area (Å²) in [5, 5.41) is 4.96. The number of nitrogens with zero attached hydrogens (tertiary/aromatic N) is 2. The van der Waals surface area contributed by atoms with Gasteiger partial charge in [-0.3, -0.25) is 0 Å². The Labute approximate surface area is 315 Å². The Hall–Kier alpha value is -7.16. The lowest BCUT2D eigenvalue weighted by molar-refractivity contribution is 1.19. The number of hydrogen-bond donors (Lipinski definition) is 0. The highest BCUT2D eigenvalue weighted by atomic mass is 15.1. The van der Waals surface area contributed by atoms with Gasteiger partial charge in [0.1, 0.15) is 0 Å². The van der Waals surface area contributed by atoms with Crippen molar-refractivity contribution in [2.24, 2.45) is 0 Å². The summed E-state index contributed by atoms with van der Waals surface area (Å²) in [5.74, 6) is 0. The first-order chi connectivity index (χ1) is 26.8. The minimum atomic E-state index is 1.09. The van der Waals surface area contributed by atoms with Gasteiger partial charge in [0.2, 0.25) is 0 Å². The van der Waals surface area contributed by atoms with Crippen LogP contribution in [0.1, 0.15) is 0 Å². The molecule has 0 aliphatic rings. The number of hydrogen-bond acceptors (Lipinski definition) is 1. The van der Waals surface area contributed by atoms with Gasteiger partial charge in [-0.2, -0.15) is 0 Å². The first-order valence-corrected chi connectivity index (χ1v) is 18.5. The molecule has 0 fully saturated rings. The molecule has 0 bridgehead atoms. The minimum absolute atomic E-state index is 1.09. The van der Waals surface area contributed by atoms with Gasteiger partial charge < -0.3 is 9.47 Å². The van der Waals surface area contributed by atoms with Crippen LogP contribution >= 0.6 is 0 Å². The number of benzene rings is 9. The summed E-state index contributed by atoms with van der Waals surface area (Å²) in [4.78, 5) is 2.41. The summed E-state index contributed by atoms with van der Waals surface area (Å²) >= 11 is 0. The molecule has 0 saturated heterocycles. The molecule has 0 spiro atoms. The van der Waals surface area contributed by atoms with Gasteiger partial charge in [-0.15, -0.1) is 0 Å². The molecule has 1 aromatic heterocycles. The Morgan fingerprint density at radius 3 is 1.72 bits per heavy atom. The third-order valence-corrected chi connectivity index (χ3v) is 10.6. The van der Waals surface area contributed by atoms with E-state index in [2.05, 4.69) is 228 Å². The molecule has 2 heteroatoms. The average Bonchev–Trinajstić information content (AvgIpc) is 3.61. The van der Waals surface area contributed by atoms with E-state index in [1.54, 1.807) is 0 Å². The van der Waals surface area contributed by atoms with Crippen LogP contribution < -0.4 is 4.90 Å². The molecule has 1 heterocycles. The Kier molecular flexibility index (Phi) is 7.85. The van der Waals surface area contributed by atoms with Crippen molar-refractivity contribution < 1.29 is 0 Å². The van der Waals surface area contributed by atoms with Crippen LogP contribution in [0.5, 0.6) is 0 Å². The minimum Gasteiger partial charge on any atom is -0.310 e. The van der Waals surface area contributed by atoms with Crippen LogP contribution in [0.15, 0.2) is 218 Å². The van der Waals surface area contributed by atoms with Crippen molar-refractivity contribution in [3.8, 4) is 39.1 Å². The summed E-state index contributed by atoms with van der Waals surface area (Å²) in [7, 11) is 0. The molecule has 10 aromatic rings. The van der Waals surface area contributed by atoms with Crippen LogP contribution in [0.3, 0.4) is 0 Å². The second-order valence-electron chi connectivity index (χ2n) is 13.7. The standard InChI is InChI=1S/C52H36N2/c1-4-17-37(18-5-1)38-31-33-43(34-32-38)53(49-29-14-12-26-45(49)39-19-6-2-7-20-39)44-25-16-22-40(35-44)48-36-41-21-10-11-27-46(41)52-51(48)47-28-13-15-30-50(47)54(52)42-23-8-3-9-24-42/h1-36H. The summed E-state index contributed by atoms with van der Waals surface area (Å²) in [6.07, 6.45) is 0. The molecule has 0 atom stereocenters. The quantitative estimate of drug-likeness (QED) is 0.162. The zero-order valence-corrected chi connectivity index (χ0v) is 29.7. The number of aromatic nitrogens is 1. The topological polar surface area (TPSA) is 8.17 Å². The normalized spacial score (nSPS) is 11.3. The maximum Gasteiger partial charge on any atom is 0.0625 e. The highest BCUT2D eigenvalue weighted by Crippen LogP contribution is 2.46. The number of rotatable bonds is 7. The van der Waals surface area contributed by atoms with Gasteiger partial charge in [-0.05, 0) is 87.8 Å². The Balaban J connectivity index is 1.22. The smallest absolute Gasteiger partial charge is 0.0625 e. The Morgan fingerprint density at radius 2 is 0.944 bits per heavy atom. The lowest BCUT2D eigenvalue weighted by Gasteiger charge is -2.28. The average molecular weight is 689 g/mol. The molecule has 0 N–H and O–H groups in total. The van der Waals surface area contributed by atoms with Crippen LogP contribution in [0.2, 0.25) is 0 Å². The third-order valence-electron chi connectivity index (χ3n) is 10.6. The highest BCUT2D eigenvalue weighted by Gasteiger charge is 2.21. The molecule has 2 nitrogen and oxygen atoms in total. The second-order valence-corrected chi connectivity index (χ2v) is 13.7. The van der Waals surface area contributed by atoms with Gasteiger partial charge in [0.15, 0.2) is 0 Å². The van der Waals surface area contributed by atoms with Gasteiger partial charge >= 0.3 is 0 Å². The summed E-state index contributed by atoms with van der Waals surface area (Å²) in [6, 6.07) is 78.8. The third kappa shape index (κ3) is 5.44. The summed E-state index contributed by atoms with van der Waals surface area (Å²) in [5.41, 5.74) is 14.0. The van der Waals surface area contributed by atoms with Gasteiger partial charge in [0.05, 0.1) is 16.7 Å². The van der Waals surface area contributed by atoms with Crippen LogP contribution in [-0.4, -0.2) is 4.57 Å². The van der Waals surface area contributed by atoms with Crippen LogP contribution in [0.4, 0.5) is 17.1 Å². The van der Waals surface area contributed by atoms with Crippen molar-refractivity contribution in [3.05, 3.63) is 218 Å². The predicted octanol–water partition coefficient (Wildman–Crippen LogP) is 14.4. The molecule has 0 radical (unpaired) electrons. The molecule has 10 rings (SSSR count). The fourth-order valence-electron chi connectivity index (χ4n) is 8.11. The van der Waals surface area contributed by atoms with Gasteiger partial charge in [0.25, 0.3) is 0 Å². The maximum atomic E-state index is 2.44. The molecule has 54 heavy (non-hydrogen) atoms. The van der Waals surface area contributed by atoms with Crippen LogP contribution in [0.25, 0.3) is 71.6 Å². The Morgan fingerprint density at radius 1 is 0.352 bits per heavy atom. The second kappa shape index (κ2) is 13.4. The molecule has 0 amide bonds. The van der Waals surface area contributed by atoms with E-state index in [0.717, 1.165) is 22.7 Å². The van der Waals surface area contributed by atoms with Crippen LogP contribution in [0, 0.1) is 0 Å². The first-order valence-electron chi connectivity index (χ1n) is 18.5. The zero-order chi connectivity index (χ0) is 35.8. The molecule has 0 saturated carbocycles. The molecular weight excluding hydrogens is 653 g/mol.